The summed E-state index contributed by atoms with van der Waals surface area (Å²) in [6.45, 7) is 13.3. The zero-order valence-electron chi connectivity index (χ0n) is 22.0. The van der Waals surface area contributed by atoms with Crippen LogP contribution in [0.5, 0.6) is 0 Å². The molecule has 3 aromatic rings. The quantitative estimate of drug-likeness (QED) is 0.326. The second kappa shape index (κ2) is 10.2. The van der Waals surface area contributed by atoms with Crippen molar-refractivity contribution in [3.05, 3.63) is 94.1 Å². The number of aromatic amines is 1. The normalized spacial score (nSPS) is 15.7. The largest absolute Gasteiger partial charge is 0.340 e. The fourth-order valence-electron chi connectivity index (χ4n) is 4.57. The van der Waals surface area contributed by atoms with Gasteiger partial charge in [-0.25, -0.2) is 4.98 Å². The predicted octanol–water partition coefficient (Wildman–Crippen LogP) is 8.21. The summed E-state index contributed by atoms with van der Waals surface area (Å²) in [5, 5.41) is 0. The van der Waals surface area contributed by atoms with Crippen molar-refractivity contribution in [3.63, 3.8) is 0 Å². The molecule has 35 heavy (non-hydrogen) atoms. The molecule has 0 radical (unpaired) electrons. The highest BCUT2D eigenvalue weighted by Crippen LogP contribution is 2.42. The van der Waals surface area contributed by atoms with Crippen LogP contribution < -0.4 is 0 Å². The standard InChI is InChI=1S/C31H38N2OS/c1-21-7-9-23(10-8-21)20-35-31(5,6)26-12-11-25(17-28(34)29-32-19-22(2)33-29)27(18-26)24-13-15-30(3,4)16-14-24/h7-13,18-19H,14-17,20H2,1-6H3,(H,32,33). The summed E-state index contributed by atoms with van der Waals surface area (Å²) >= 11 is 1.96. The lowest BCUT2D eigenvalue weighted by molar-refractivity contribution is 0.0983. The second-order valence-corrected chi connectivity index (χ2v) is 12.9. The molecule has 4 rings (SSSR count). The van der Waals surface area contributed by atoms with Crippen molar-refractivity contribution in [3.8, 4) is 0 Å². The van der Waals surface area contributed by atoms with E-state index in [0.717, 1.165) is 29.9 Å². The lowest BCUT2D eigenvalue weighted by Crippen LogP contribution is -2.17. The zero-order valence-corrected chi connectivity index (χ0v) is 22.8. The SMILES string of the molecule is Cc1ccc(CSC(C)(C)c2ccc(CC(=O)c3ncc(C)[nH]3)c(C3=CCC(C)(C)CC3)c2)cc1. The molecule has 1 aliphatic carbocycles. The van der Waals surface area contributed by atoms with Crippen LogP contribution in [0.15, 0.2) is 54.7 Å². The average Bonchev–Trinajstić information content (AvgIpc) is 3.25. The average molecular weight is 487 g/mol. The number of rotatable bonds is 8. The highest BCUT2D eigenvalue weighted by molar-refractivity contribution is 7.99. The van der Waals surface area contributed by atoms with Crippen LogP contribution in [-0.4, -0.2) is 15.8 Å². The molecule has 1 heterocycles. The van der Waals surface area contributed by atoms with E-state index in [1.807, 2.05) is 18.7 Å². The van der Waals surface area contributed by atoms with Crippen molar-refractivity contribution in [2.24, 2.45) is 5.41 Å². The Kier molecular flexibility index (Phi) is 7.42. The minimum absolute atomic E-state index is 0.0387. The Morgan fingerprint density at radius 3 is 2.49 bits per heavy atom. The molecule has 0 unspecified atom stereocenters. The van der Waals surface area contributed by atoms with Crippen molar-refractivity contribution in [1.82, 2.24) is 9.97 Å². The van der Waals surface area contributed by atoms with Gasteiger partial charge in [0.05, 0.1) is 0 Å². The number of nitrogens with zero attached hydrogens (tertiary/aromatic N) is 1. The second-order valence-electron chi connectivity index (χ2n) is 11.3. The fourth-order valence-corrected chi connectivity index (χ4v) is 5.58. The van der Waals surface area contributed by atoms with Crippen molar-refractivity contribution >= 4 is 23.1 Å². The molecule has 1 aliphatic rings. The van der Waals surface area contributed by atoms with E-state index in [2.05, 4.69) is 93.1 Å². The third-order valence-corrected chi connectivity index (χ3v) is 8.60. The third kappa shape index (κ3) is 6.35. The van der Waals surface area contributed by atoms with Crippen LogP contribution in [0.3, 0.4) is 0 Å². The van der Waals surface area contributed by atoms with Gasteiger partial charge in [-0.1, -0.05) is 61.9 Å². The van der Waals surface area contributed by atoms with Crippen LogP contribution in [-0.2, 0) is 16.9 Å². The van der Waals surface area contributed by atoms with Crippen molar-refractivity contribution in [2.45, 2.75) is 77.7 Å². The first-order chi connectivity index (χ1) is 16.5. The van der Waals surface area contributed by atoms with Crippen molar-refractivity contribution in [1.29, 1.82) is 0 Å². The van der Waals surface area contributed by atoms with E-state index < -0.39 is 0 Å². The minimum atomic E-state index is -0.0468. The molecule has 0 spiro atoms. The first kappa shape index (κ1) is 25.5. The molecule has 1 N–H and O–H groups in total. The molecular formula is C31H38N2OS. The van der Waals surface area contributed by atoms with E-state index in [1.165, 1.54) is 34.2 Å². The van der Waals surface area contributed by atoms with Gasteiger partial charge in [0.25, 0.3) is 0 Å². The first-order valence-corrected chi connectivity index (χ1v) is 13.6. The number of H-pyrrole nitrogens is 1. The van der Waals surface area contributed by atoms with Gasteiger partial charge in [-0.2, -0.15) is 0 Å². The number of thioether (sulfide) groups is 1. The molecular weight excluding hydrogens is 448 g/mol. The predicted molar refractivity (Wildman–Crippen MR) is 149 cm³/mol. The smallest absolute Gasteiger partial charge is 0.202 e. The Morgan fingerprint density at radius 1 is 1.11 bits per heavy atom. The Hall–Kier alpha value is -2.59. The molecule has 184 valence electrons. The van der Waals surface area contributed by atoms with Crippen molar-refractivity contribution < 1.29 is 4.79 Å². The summed E-state index contributed by atoms with van der Waals surface area (Å²) in [6, 6.07) is 15.6. The Bertz CT molecular complexity index is 1230. The highest BCUT2D eigenvalue weighted by atomic mass is 32.2. The van der Waals surface area contributed by atoms with E-state index >= 15 is 0 Å². The highest BCUT2D eigenvalue weighted by Gasteiger charge is 2.27. The molecule has 1 aromatic heterocycles. The topological polar surface area (TPSA) is 45.8 Å². The Balaban J connectivity index is 1.62. The molecule has 0 bridgehead atoms. The Morgan fingerprint density at radius 2 is 1.86 bits per heavy atom. The number of hydrogen-bond acceptors (Lipinski definition) is 3. The number of carbonyl (C=O) groups excluding carboxylic acids is 1. The van der Waals surface area contributed by atoms with Gasteiger partial charge in [0.2, 0.25) is 5.78 Å². The molecule has 0 saturated heterocycles. The Labute approximate surface area is 214 Å². The van der Waals surface area contributed by atoms with Gasteiger partial charge in [-0.3, -0.25) is 4.79 Å². The number of ketones is 1. The molecule has 0 atom stereocenters. The van der Waals surface area contributed by atoms with Gasteiger partial charge >= 0.3 is 0 Å². The summed E-state index contributed by atoms with van der Waals surface area (Å²) < 4.78 is -0.0468. The van der Waals surface area contributed by atoms with E-state index in [0.29, 0.717) is 17.7 Å². The maximum absolute atomic E-state index is 13.0. The van der Waals surface area contributed by atoms with Gasteiger partial charge in [0.15, 0.2) is 5.82 Å². The maximum Gasteiger partial charge on any atom is 0.202 e. The first-order valence-electron chi connectivity index (χ1n) is 12.6. The molecule has 2 aromatic carbocycles. The number of hydrogen-bond donors (Lipinski definition) is 1. The summed E-state index contributed by atoms with van der Waals surface area (Å²) in [6.07, 6.45) is 7.77. The molecule has 4 heteroatoms. The van der Waals surface area contributed by atoms with E-state index in [9.17, 15) is 4.79 Å². The van der Waals surface area contributed by atoms with Crippen LogP contribution in [0.1, 0.15) is 91.1 Å². The van der Waals surface area contributed by atoms with Gasteiger partial charge in [0, 0.05) is 28.8 Å². The summed E-state index contributed by atoms with van der Waals surface area (Å²) in [5.74, 6) is 1.46. The fraction of sp³-hybridized carbons (Fsp3) is 0.419. The summed E-state index contributed by atoms with van der Waals surface area (Å²) in [4.78, 5) is 20.4. The van der Waals surface area contributed by atoms with Gasteiger partial charge in [-0.05, 0) is 86.3 Å². The van der Waals surface area contributed by atoms with Crippen LogP contribution >= 0.6 is 11.8 Å². The number of imidazole rings is 1. The van der Waals surface area contributed by atoms with Gasteiger partial charge < -0.3 is 4.98 Å². The zero-order chi connectivity index (χ0) is 25.2. The van der Waals surface area contributed by atoms with Gasteiger partial charge in [-0.15, -0.1) is 11.8 Å². The maximum atomic E-state index is 13.0. The minimum Gasteiger partial charge on any atom is -0.340 e. The molecule has 0 aliphatic heterocycles. The monoisotopic (exact) mass is 486 g/mol. The summed E-state index contributed by atoms with van der Waals surface area (Å²) in [5.41, 5.74) is 8.91. The number of allylic oxidation sites excluding steroid dienone is 2. The lowest BCUT2D eigenvalue weighted by atomic mass is 9.76. The van der Waals surface area contributed by atoms with Crippen LogP contribution in [0.25, 0.3) is 5.57 Å². The van der Waals surface area contributed by atoms with Gasteiger partial charge in [0.1, 0.15) is 0 Å². The number of aryl methyl sites for hydroxylation is 2. The van der Waals surface area contributed by atoms with Crippen molar-refractivity contribution in [2.75, 3.05) is 0 Å². The lowest BCUT2D eigenvalue weighted by Gasteiger charge is -2.31. The van der Waals surface area contributed by atoms with Crippen LogP contribution in [0.2, 0.25) is 0 Å². The molecule has 0 amide bonds. The third-order valence-electron chi connectivity index (χ3n) is 7.16. The molecule has 0 fully saturated rings. The number of nitrogens with one attached hydrogen (secondary N) is 1. The number of aromatic nitrogens is 2. The molecule has 0 saturated carbocycles. The number of benzene rings is 2. The number of Topliss-reactive ketones (excluding diaryl/α,β-unsaturated/α-hetero) is 1. The summed E-state index contributed by atoms with van der Waals surface area (Å²) in [7, 11) is 0. The van der Waals surface area contributed by atoms with Crippen LogP contribution in [0.4, 0.5) is 0 Å². The molecule has 3 nitrogen and oxygen atoms in total. The van der Waals surface area contributed by atoms with E-state index in [1.54, 1.807) is 6.20 Å². The van der Waals surface area contributed by atoms with Crippen LogP contribution in [0, 0.1) is 19.3 Å². The van der Waals surface area contributed by atoms with E-state index in [-0.39, 0.29) is 10.5 Å². The number of carbonyl (C=O) groups is 1. The van der Waals surface area contributed by atoms with E-state index in [4.69, 9.17) is 0 Å².